The fourth-order valence-electron chi connectivity index (χ4n) is 6.25. The molecule has 4 aliphatic heterocycles. The van der Waals surface area contributed by atoms with E-state index >= 15 is 0 Å². The Balaban J connectivity index is 1.56. The number of hydrogen-bond acceptors (Lipinski definition) is 15. The molecule has 0 spiro atoms. The van der Waals surface area contributed by atoms with Crippen LogP contribution in [-0.2, 0) is 63.5 Å². The molecular weight excluding hydrogens is 752 g/mol. The Morgan fingerprint density at radius 2 is 0.811 bits per heavy atom. The molecule has 23 heteroatoms. The minimum Gasteiger partial charge on any atom is -0.292 e. The fraction of sp³-hybridized carbons (Fsp3) is 0.133. The molecule has 2 N–H and O–H groups in total. The summed E-state index contributed by atoms with van der Waals surface area (Å²) in [5.41, 5.74) is -1.45. The first-order chi connectivity index (χ1) is 24.8. The van der Waals surface area contributed by atoms with Crippen LogP contribution >= 0.6 is 0 Å². The van der Waals surface area contributed by atoms with Gasteiger partial charge in [0.2, 0.25) is 0 Å². The van der Waals surface area contributed by atoms with Gasteiger partial charge in [0.05, 0.1) is 0 Å². The Morgan fingerprint density at radius 3 is 1.08 bits per heavy atom. The maximum atomic E-state index is 14.2. The molecule has 0 radical (unpaired) electrons. The zero-order valence-corrected chi connectivity index (χ0v) is 27.5. The van der Waals surface area contributed by atoms with Gasteiger partial charge in [-0.25, -0.2) is 0 Å². The van der Waals surface area contributed by atoms with Gasteiger partial charge in [0, 0.05) is 35.4 Å². The molecule has 4 unspecified atom stereocenters. The molecule has 4 aliphatic rings. The van der Waals surface area contributed by atoms with Crippen molar-refractivity contribution in [1.82, 2.24) is 19.9 Å². The summed E-state index contributed by atoms with van der Waals surface area (Å²) in [5.74, 6) is -19.3. The standard InChI is InChI=1S/C30H18N4O17S2/c35-17-11-12-18(36)31(17)21-25(41)33(27(43)29(21,52(45,46)47)23(39)15-7-3-1-4-8-15)51-34-26(42)22(32-19(37)13-14-20(32)38)30(28(34)44,53(48,49)50)24(40)16-9-5-2-6-10-16/h1-14,21-22H,(H,45,46,47)(H,48,49,50). The summed E-state index contributed by atoms with van der Waals surface area (Å²) < 4.78 is 65.5. The summed E-state index contributed by atoms with van der Waals surface area (Å²) in [6.07, 6.45) is 1.93. The second-order valence-electron chi connectivity index (χ2n) is 11.3. The average molecular weight is 771 g/mol. The van der Waals surface area contributed by atoms with Crippen molar-refractivity contribution in [2.45, 2.75) is 21.6 Å². The van der Waals surface area contributed by atoms with E-state index in [2.05, 4.69) is 0 Å². The number of amides is 8. The van der Waals surface area contributed by atoms with Crippen LogP contribution in [0.15, 0.2) is 85.0 Å². The molecule has 0 aliphatic carbocycles. The van der Waals surface area contributed by atoms with E-state index in [-0.39, 0.29) is 9.80 Å². The molecule has 2 saturated heterocycles. The van der Waals surface area contributed by atoms with E-state index in [0.717, 1.165) is 48.5 Å². The molecule has 0 saturated carbocycles. The number of nitrogens with zero attached hydrogens (tertiary/aromatic N) is 4. The first-order valence-electron chi connectivity index (χ1n) is 14.4. The third kappa shape index (κ3) is 4.86. The molecule has 53 heavy (non-hydrogen) atoms. The number of hydrogen-bond donors (Lipinski definition) is 2. The second kappa shape index (κ2) is 12.1. The minimum absolute atomic E-state index is 0.233. The Kier molecular flexibility index (Phi) is 8.30. The van der Waals surface area contributed by atoms with Crippen molar-refractivity contribution in [2.24, 2.45) is 0 Å². The van der Waals surface area contributed by atoms with Crippen molar-refractivity contribution in [2.75, 3.05) is 0 Å². The average Bonchev–Trinajstić information content (AvgIpc) is 3.75. The predicted octanol–water partition coefficient (Wildman–Crippen LogP) is -2.82. The van der Waals surface area contributed by atoms with Crippen molar-refractivity contribution in [1.29, 1.82) is 0 Å². The molecule has 6 rings (SSSR count). The van der Waals surface area contributed by atoms with Gasteiger partial charge in [-0.15, -0.1) is 15.1 Å². The van der Waals surface area contributed by atoms with Crippen LogP contribution in [0.1, 0.15) is 20.7 Å². The third-order valence-electron chi connectivity index (χ3n) is 8.57. The second-order valence-corrected chi connectivity index (χ2v) is 14.5. The van der Waals surface area contributed by atoms with Crippen LogP contribution in [0.25, 0.3) is 0 Å². The van der Waals surface area contributed by atoms with E-state index in [9.17, 15) is 73.9 Å². The van der Waals surface area contributed by atoms with Gasteiger partial charge in [-0.3, -0.25) is 66.9 Å². The lowest BCUT2D eigenvalue weighted by Gasteiger charge is -2.31. The van der Waals surface area contributed by atoms with Crippen LogP contribution in [0.4, 0.5) is 0 Å². The predicted molar refractivity (Wildman–Crippen MR) is 164 cm³/mol. The zero-order chi connectivity index (χ0) is 39.0. The number of Topliss-reactive ketones (excluding diaryl/α,β-unsaturated/α-hetero) is 2. The molecule has 4 heterocycles. The highest BCUT2D eigenvalue weighted by atomic mass is 32.2. The quantitative estimate of drug-likeness (QED) is 0.107. The number of benzene rings is 2. The summed E-state index contributed by atoms with van der Waals surface area (Å²) in [4.78, 5) is 140. The van der Waals surface area contributed by atoms with Crippen LogP contribution in [0.2, 0.25) is 0 Å². The fourth-order valence-corrected chi connectivity index (χ4v) is 8.53. The van der Waals surface area contributed by atoms with Gasteiger partial charge in [0.1, 0.15) is 0 Å². The van der Waals surface area contributed by atoms with Gasteiger partial charge in [-0.05, 0) is 0 Å². The Bertz CT molecular complexity index is 2210. The number of imide groups is 4. The molecule has 8 amide bonds. The minimum atomic E-state index is -6.35. The zero-order valence-electron chi connectivity index (χ0n) is 25.9. The first-order valence-corrected chi connectivity index (χ1v) is 17.3. The molecule has 0 aromatic heterocycles. The van der Waals surface area contributed by atoms with Crippen molar-refractivity contribution < 1.29 is 78.8 Å². The van der Waals surface area contributed by atoms with E-state index in [0.29, 0.717) is 24.3 Å². The largest absolute Gasteiger partial charge is 0.292 e. The maximum Gasteiger partial charge on any atom is 0.290 e. The Hall–Kier alpha value is -6.40. The van der Waals surface area contributed by atoms with Crippen LogP contribution in [0.5, 0.6) is 0 Å². The van der Waals surface area contributed by atoms with E-state index in [4.69, 9.17) is 4.94 Å². The molecule has 4 atom stereocenters. The molecule has 2 fully saturated rings. The van der Waals surface area contributed by atoms with Crippen LogP contribution in [0, 0.1) is 0 Å². The number of carbonyl (C=O) groups is 10. The highest BCUT2D eigenvalue weighted by molar-refractivity contribution is 7.89. The van der Waals surface area contributed by atoms with E-state index in [1.807, 2.05) is 0 Å². The summed E-state index contributed by atoms with van der Waals surface area (Å²) >= 11 is 0. The molecule has 0 bridgehead atoms. The Labute approximate surface area is 295 Å². The lowest BCUT2D eigenvalue weighted by Crippen LogP contribution is -2.65. The summed E-state index contributed by atoms with van der Waals surface area (Å²) in [6.45, 7) is 0. The maximum absolute atomic E-state index is 14.2. The van der Waals surface area contributed by atoms with Gasteiger partial charge < -0.3 is 0 Å². The van der Waals surface area contributed by atoms with E-state index in [1.54, 1.807) is 0 Å². The third-order valence-corrected chi connectivity index (χ3v) is 11.4. The van der Waals surface area contributed by atoms with Crippen molar-refractivity contribution in [3.8, 4) is 0 Å². The van der Waals surface area contributed by atoms with Crippen molar-refractivity contribution in [3.05, 3.63) is 96.1 Å². The number of carbonyl (C=O) groups excluding carboxylic acids is 10. The molecular formula is C30H18N4O17S2. The highest BCUT2D eigenvalue weighted by Crippen LogP contribution is 2.43. The SMILES string of the molecule is O=C1C(N2C(=O)C=CC2=O)C(C(=O)c2ccccc2)(S(=O)(=O)O)C(=O)N1ON1C(=O)C(N2C(=O)C=CC2=O)C(C(=O)c2ccccc2)(S(=O)(=O)O)C1=O. The molecule has 2 aromatic carbocycles. The van der Waals surface area contributed by atoms with Crippen molar-refractivity contribution in [3.63, 3.8) is 0 Å². The number of rotatable bonds is 10. The first kappa shape index (κ1) is 36.4. The summed E-state index contributed by atoms with van der Waals surface area (Å²) in [5, 5.41) is -1.71. The van der Waals surface area contributed by atoms with Crippen LogP contribution in [-0.4, -0.2) is 126 Å². The van der Waals surface area contributed by atoms with Crippen molar-refractivity contribution >= 4 is 79.1 Å². The van der Waals surface area contributed by atoms with Gasteiger partial charge in [0.15, 0.2) is 23.7 Å². The monoisotopic (exact) mass is 770 g/mol. The van der Waals surface area contributed by atoms with Gasteiger partial charge in [-0.2, -0.15) is 16.8 Å². The van der Waals surface area contributed by atoms with Gasteiger partial charge >= 0.3 is 0 Å². The smallest absolute Gasteiger partial charge is 0.290 e. The topological polar surface area (TPSA) is 302 Å². The molecule has 2 aromatic rings. The van der Waals surface area contributed by atoms with Gasteiger partial charge in [0.25, 0.3) is 77.0 Å². The van der Waals surface area contributed by atoms with Crippen LogP contribution < -0.4 is 0 Å². The van der Waals surface area contributed by atoms with E-state index in [1.165, 1.54) is 12.1 Å². The van der Waals surface area contributed by atoms with Gasteiger partial charge in [-0.1, -0.05) is 60.7 Å². The van der Waals surface area contributed by atoms with E-state index < -0.39 is 122 Å². The highest BCUT2D eigenvalue weighted by Gasteiger charge is 2.79. The van der Waals surface area contributed by atoms with Crippen LogP contribution in [0.3, 0.4) is 0 Å². The molecule has 272 valence electrons. The summed E-state index contributed by atoms with van der Waals surface area (Å²) in [6, 6.07) is 4.39. The summed E-state index contributed by atoms with van der Waals surface area (Å²) in [7, 11) is -12.7. The normalized spacial score (nSPS) is 26.2. The lowest BCUT2D eigenvalue weighted by molar-refractivity contribution is -0.270. The number of hydroxylamine groups is 4. The number of ketones is 2. The lowest BCUT2D eigenvalue weighted by atomic mass is 9.90. The molecule has 21 nitrogen and oxygen atoms in total. The Morgan fingerprint density at radius 1 is 0.528 bits per heavy atom.